The first-order chi connectivity index (χ1) is 71.8. The van der Waals surface area contributed by atoms with Gasteiger partial charge in [-0.2, -0.15) is 0 Å². The van der Waals surface area contributed by atoms with Gasteiger partial charge in [-0.3, -0.25) is 4.79 Å². The zero-order valence-corrected chi connectivity index (χ0v) is 101. The van der Waals surface area contributed by atoms with Crippen LogP contribution in [-0.2, 0) is 4.79 Å². The molecule has 0 saturated heterocycles. The van der Waals surface area contributed by atoms with E-state index in [-0.39, 0.29) is 0 Å². The van der Waals surface area contributed by atoms with Gasteiger partial charge in [0.25, 0.3) is 0 Å². The summed E-state index contributed by atoms with van der Waals surface area (Å²) >= 11 is 0. The van der Waals surface area contributed by atoms with Crippen molar-refractivity contribution in [3.8, 4) is 0 Å². The van der Waals surface area contributed by atoms with Crippen LogP contribution in [0.5, 0.6) is 0 Å². The van der Waals surface area contributed by atoms with E-state index in [4.69, 9.17) is 5.11 Å². The smallest absolute Gasteiger partial charge is 0.303 e. The monoisotopic (exact) mass is 2030 g/mol. The second kappa shape index (κ2) is 140. The Morgan fingerprint density at radius 3 is 0.236 bits per heavy atom. The van der Waals surface area contributed by atoms with Crippen LogP contribution in [0.1, 0.15) is 848 Å². The highest BCUT2D eigenvalue weighted by Gasteiger charge is 2.08. The number of hydrogen-bond acceptors (Lipinski definition) is 4. The van der Waals surface area contributed by atoms with Gasteiger partial charge in [0.1, 0.15) is 0 Å². The molecule has 0 saturated carbocycles. The molecule has 0 rings (SSSR count). The van der Waals surface area contributed by atoms with Gasteiger partial charge < -0.3 is 21.1 Å². The van der Waals surface area contributed by atoms with Crippen LogP contribution < -0.4 is 16.0 Å². The first kappa shape index (κ1) is 143. The minimum absolute atomic E-state index is 0.319. The molecule has 5 nitrogen and oxygen atoms in total. The van der Waals surface area contributed by atoms with Crippen LogP contribution in [0.15, 0.2) is 0 Å². The second-order valence-corrected chi connectivity index (χ2v) is 49.0. The number of carboxylic acids is 1. The first-order valence-electron chi connectivity index (χ1n) is 70.1. The van der Waals surface area contributed by atoms with Crippen LogP contribution in [0, 0.1) is 0 Å². The van der Waals surface area contributed by atoms with Gasteiger partial charge in [0.2, 0.25) is 0 Å². The Balaban J connectivity index is 3.11. The predicted molar refractivity (Wildman–Crippen MR) is 657 cm³/mol. The average molecular weight is 2030 g/mol. The molecule has 0 aliphatic carbocycles. The highest BCUT2D eigenvalue weighted by Crippen LogP contribution is 2.27. The molecule has 0 amide bonds. The molecule has 0 unspecified atom stereocenters. The van der Waals surface area contributed by atoms with E-state index >= 15 is 0 Å². The fourth-order valence-corrected chi connectivity index (χ4v) is 23.8. The van der Waals surface area contributed by atoms with Crippen molar-refractivity contribution in [1.29, 1.82) is 0 Å². The molecule has 0 atom stereocenters. The molecule has 4 N–H and O–H groups in total. The summed E-state index contributed by atoms with van der Waals surface area (Å²) in [6.07, 6.45) is 191. The SMILES string of the molecule is CCCCCCCCCCCCCCCCNCCCCCCNCCCCCCCCCCCCCCCCCCCCCCCCCCCCCCCCCCCCCCCCCCCCCCCCCCCCCCCCCCCCCCCCCCCCCCCCCCCCCCCCCCCCCCCCCCCCCCCCCCCCCCCCCCCCCCCNCCCCCC(=O)O. The topological polar surface area (TPSA) is 73.4 Å². The largest absolute Gasteiger partial charge is 0.481 e. The third-order valence-corrected chi connectivity index (χ3v) is 34.1. The van der Waals surface area contributed by atoms with E-state index in [1.165, 1.54) is 842 Å². The summed E-state index contributed by atoms with van der Waals surface area (Å²) in [4.78, 5) is 10.6. The number of carboxylic acid groups (broad SMARTS) is 1. The lowest BCUT2D eigenvalue weighted by atomic mass is 10.0. The van der Waals surface area contributed by atoms with E-state index in [1.54, 1.807) is 0 Å². The lowest BCUT2D eigenvalue weighted by Gasteiger charge is -2.07. The maximum atomic E-state index is 10.6. The van der Waals surface area contributed by atoms with Gasteiger partial charge >= 0.3 is 5.97 Å². The summed E-state index contributed by atoms with van der Waals surface area (Å²) in [5, 5.41) is 19.7. The van der Waals surface area contributed by atoms with Gasteiger partial charge in [0.15, 0.2) is 0 Å². The molecule has 0 aromatic rings. The lowest BCUT2D eigenvalue weighted by Crippen LogP contribution is -2.17. The predicted octanol–water partition coefficient (Wildman–Crippen LogP) is 50.0. The molecule has 0 aromatic heterocycles. The fourth-order valence-electron chi connectivity index (χ4n) is 23.8. The van der Waals surface area contributed by atoms with Crippen molar-refractivity contribution in [2.75, 3.05) is 39.3 Å². The van der Waals surface area contributed by atoms with Gasteiger partial charge in [-0.25, -0.2) is 0 Å². The highest BCUT2D eigenvalue weighted by atomic mass is 16.4. The Kier molecular flexibility index (Phi) is 140. The Morgan fingerprint density at radius 1 is 0.104 bits per heavy atom. The number of rotatable bonds is 140. The van der Waals surface area contributed by atoms with E-state index in [9.17, 15) is 4.79 Å². The molecule has 0 heterocycles. The van der Waals surface area contributed by atoms with Crippen LogP contribution in [0.4, 0.5) is 0 Å². The molecule has 144 heavy (non-hydrogen) atoms. The molecule has 0 fully saturated rings. The van der Waals surface area contributed by atoms with Crippen molar-refractivity contribution in [1.82, 2.24) is 16.0 Å². The fraction of sp³-hybridized carbons (Fsp3) is 0.993. The van der Waals surface area contributed by atoms with Crippen LogP contribution in [0.2, 0.25) is 0 Å². The molecule has 0 aromatic carbocycles. The minimum Gasteiger partial charge on any atom is -0.481 e. The van der Waals surface area contributed by atoms with Gasteiger partial charge in [-0.15, -0.1) is 0 Å². The number of aliphatic carboxylic acids is 1. The second-order valence-electron chi connectivity index (χ2n) is 49.0. The summed E-state index contributed by atoms with van der Waals surface area (Å²) in [6, 6.07) is 0. The Morgan fingerprint density at radius 2 is 0.167 bits per heavy atom. The minimum atomic E-state index is -0.664. The maximum Gasteiger partial charge on any atom is 0.303 e. The summed E-state index contributed by atoms with van der Waals surface area (Å²) in [5.74, 6) is -0.664. The van der Waals surface area contributed by atoms with Crippen molar-refractivity contribution in [2.24, 2.45) is 0 Å². The molecule has 0 spiro atoms. The van der Waals surface area contributed by atoms with E-state index in [0.29, 0.717) is 6.42 Å². The number of hydrogen-bond donors (Lipinski definition) is 4. The van der Waals surface area contributed by atoms with Gasteiger partial charge in [0.05, 0.1) is 0 Å². The van der Waals surface area contributed by atoms with Crippen molar-refractivity contribution < 1.29 is 9.90 Å². The third kappa shape index (κ3) is 141. The quantitative estimate of drug-likeness (QED) is 0.0457. The van der Waals surface area contributed by atoms with Crippen LogP contribution in [0.25, 0.3) is 0 Å². The van der Waals surface area contributed by atoms with E-state index in [2.05, 4.69) is 22.9 Å². The van der Waals surface area contributed by atoms with Crippen molar-refractivity contribution in [3.05, 3.63) is 0 Å². The Bertz CT molecular complexity index is 1910. The van der Waals surface area contributed by atoms with Crippen molar-refractivity contribution >= 4 is 5.97 Å². The normalized spacial score (nSPS) is 11.8. The number of carbonyl (C=O) groups is 1. The van der Waals surface area contributed by atoms with Crippen LogP contribution in [0.3, 0.4) is 0 Å². The molecular formula is C139H281N3O2. The van der Waals surface area contributed by atoms with E-state index in [1.807, 2.05) is 0 Å². The molecular weight excluding hydrogens is 1740 g/mol. The van der Waals surface area contributed by atoms with Gasteiger partial charge in [0, 0.05) is 6.42 Å². The molecule has 0 radical (unpaired) electrons. The van der Waals surface area contributed by atoms with Gasteiger partial charge in [-0.1, -0.05) is 797 Å². The molecule has 864 valence electrons. The van der Waals surface area contributed by atoms with Crippen LogP contribution in [-0.4, -0.2) is 50.3 Å². The van der Waals surface area contributed by atoms with Crippen LogP contribution >= 0.6 is 0 Å². The van der Waals surface area contributed by atoms with Crippen molar-refractivity contribution in [3.63, 3.8) is 0 Å². The van der Waals surface area contributed by atoms with Crippen molar-refractivity contribution in [2.45, 2.75) is 848 Å². The highest BCUT2D eigenvalue weighted by molar-refractivity contribution is 5.66. The maximum absolute atomic E-state index is 10.6. The lowest BCUT2D eigenvalue weighted by molar-refractivity contribution is -0.137. The Labute approximate surface area is 913 Å². The number of nitrogens with one attached hydrogen (secondary N) is 3. The van der Waals surface area contributed by atoms with E-state index in [0.717, 1.165) is 32.4 Å². The average Bonchev–Trinajstić information content (AvgIpc) is 1.13. The summed E-state index contributed by atoms with van der Waals surface area (Å²) < 4.78 is 0. The third-order valence-electron chi connectivity index (χ3n) is 34.1. The summed E-state index contributed by atoms with van der Waals surface area (Å²) in [5.41, 5.74) is 0. The molecule has 5 heteroatoms. The molecule has 0 bridgehead atoms. The Hall–Kier alpha value is -0.650. The zero-order chi connectivity index (χ0) is 103. The number of unbranched alkanes of at least 4 members (excludes halogenated alkanes) is 126. The van der Waals surface area contributed by atoms with Gasteiger partial charge in [-0.05, 0) is 84.2 Å². The van der Waals surface area contributed by atoms with E-state index < -0.39 is 5.97 Å². The zero-order valence-electron chi connectivity index (χ0n) is 101. The summed E-state index contributed by atoms with van der Waals surface area (Å²) in [6.45, 7) is 9.40. The standard InChI is InChI=1S/C139H281N3O2/c1-2-3-4-5-6-7-8-9-107-110-113-116-119-126-133-140-136-129-122-123-130-137-141-134-127-120-117-114-111-108-105-103-101-99-97-95-93-91-89-87-85-83-81-79-77-75-73-71-69-67-65-63-61-59-57-55-53-51-49-47-45-43-41-39-37-35-33-31-29-27-25-23-21-19-17-15-13-11-10-12-14-16-18-20-22-24-26-28-30-32-34-36-38-40-42-44-46-48-50-52-54-56-58-60-62-64-66-68-70-72-74-76-78-80-82-84-86-88-90-92-94-96-98-100-102-104-106-109-112-115-118-121-128-135-142-138-131-124-125-132-139(143)144/h140-142H,2-138H2,1H3,(H,143,144). The summed E-state index contributed by atoms with van der Waals surface area (Å²) in [7, 11) is 0. The molecule has 0 aliphatic heterocycles. The molecule has 0 aliphatic rings. The first-order valence-corrected chi connectivity index (χ1v) is 70.1.